The molecule has 0 bridgehead atoms. The van der Waals surface area contributed by atoms with E-state index < -0.39 is 17.4 Å². The molecule has 0 aliphatic carbocycles. The van der Waals surface area contributed by atoms with Gasteiger partial charge in [-0.3, -0.25) is 9.59 Å². The number of thiophene rings is 1. The zero-order valence-corrected chi connectivity index (χ0v) is 19.5. The molecule has 0 saturated carbocycles. The third-order valence-electron chi connectivity index (χ3n) is 4.80. The zero-order valence-electron chi connectivity index (χ0n) is 17.1. The standard InChI is InChI=1S/C23H18BrN3O5S/c24-17-3-1-2-14(8-17)9-25-21(29)19-26-20(28)18-16(12-33-22(18)27-19)11-32-10-13-4-6-15(7-5-13)23(30)31/h1-8,12H,9-11H2,(H,25,29)(H,30,31)(H,26,27,28). The van der Waals surface area contributed by atoms with Crippen LogP contribution in [0.5, 0.6) is 0 Å². The van der Waals surface area contributed by atoms with E-state index in [1.165, 1.54) is 23.5 Å². The van der Waals surface area contributed by atoms with E-state index in [0.717, 1.165) is 15.6 Å². The quantitative estimate of drug-likeness (QED) is 0.317. The van der Waals surface area contributed by atoms with Gasteiger partial charge in [-0.15, -0.1) is 11.3 Å². The van der Waals surface area contributed by atoms with Crippen LogP contribution in [-0.4, -0.2) is 27.0 Å². The Bertz CT molecular complexity index is 1380. The first-order chi connectivity index (χ1) is 15.9. The lowest BCUT2D eigenvalue weighted by Gasteiger charge is -2.06. The van der Waals surface area contributed by atoms with E-state index in [2.05, 4.69) is 31.2 Å². The van der Waals surface area contributed by atoms with Crippen molar-refractivity contribution in [1.82, 2.24) is 15.3 Å². The highest BCUT2D eigenvalue weighted by molar-refractivity contribution is 9.10. The zero-order chi connectivity index (χ0) is 23.4. The number of hydrogen-bond acceptors (Lipinski definition) is 6. The molecule has 1 amide bonds. The number of halogens is 1. The Kier molecular flexibility index (Phi) is 6.97. The van der Waals surface area contributed by atoms with E-state index >= 15 is 0 Å². The minimum Gasteiger partial charge on any atom is -0.478 e. The lowest BCUT2D eigenvalue weighted by atomic mass is 10.1. The number of carboxylic acids is 1. The van der Waals surface area contributed by atoms with E-state index in [9.17, 15) is 14.4 Å². The molecule has 0 unspecified atom stereocenters. The fraction of sp³-hybridized carbons (Fsp3) is 0.130. The van der Waals surface area contributed by atoms with Crippen molar-refractivity contribution in [3.63, 3.8) is 0 Å². The van der Waals surface area contributed by atoms with E-state index in [1.54, 1.807) is 17.5 Å². The molecular weight excluding hydrogens is 510 g/mol. The summed E-state index contributed by atoms with van der Waals surface area (Å²) in [7, 11) is 0. The number of carbonyl (C=O) groups excluding carboxylic acids is 1. The maximum Gasteiger partial charge on any atom is 0.335 e. The second-order valence-corrected chi connectivity index (χ2v) is 8.94. The fourth-order valence-corrected chi connectivity index (χ4v) is 4.53. The second-order valence-electron chi connectivity index (χ2n) is 7.16. The number of aromatic carboxylic acids is 1. The predicted molar refractivity (Wildman–Crippen MR) is 127 cm³/mol. The van der Waals surface area contributed by atoms with Crippen LogP contribution in [0.3, 0.4) is 0 Å². The summed E-state index contributed by atoms with van der Waals surface area (Å²) in [6.07, 6.45) is 0. The molecule has 0 saturated heterocycles. The van der Waals surface area contributed by atoms with Gasteiger partial charge in [-0.1, -0.05) is 40.2 Å². The molecule has 8 nitrogen and oxygen atoms in total. The molecule has 0 fully saturated rings. The Labute approximate surface area is 200 Å². The molecule has 0 atom stereocenters. The number of carboxylic acid groups (broad SMARTS) is 1. The monoisotopic (exact) mass is 527 g/mol. The summed E-state index contributed by atoms with van der Waals surface area (Å²) < 4.78 is 6.61. The number of amides is 1. The Morgan fingerprint density at radius 1 is 1.12 bits per heavy atom. The number of H-pyrrole nitrogens is 1. The molecule has 10 heteroatoms. The summed E-state index contributed by atoms with van der Waals surface area (Å²) in [5.41, 5.74) is 2.20. The summed E-state index contributed by atoms with van der Waals surface area (Å²) >= 11 is 4.65. The van der Waals surface area contributed by atoms with Gasteiger partial charge in [0.1, 0.15) is 4.83 Å². The normalized spacial score (nSPS) is 10.9. The van der Waals surface area contributed by atoms with Crippen LogP contribution in [0.1, 0.15) is 37.7 Å². The van der Waals surface area contributed by atoms with Crippen LogP contribution in [0.15, 0.2) is 63.2 Å². The highest BCUT2D eigenvalue weighted by Gasteiger charge is 2.15. The van der Waals surface area contributed by atoms with Gasteiger partial charge in [0.05, 0.1) is 24.2 Å². The van der Waals surface area contributed by atoms with Crippen molar-refractivity contribution in [2.75, 3.05) is 0 Å². The molecule has 2 aromatic carbocycles. The number of aromatic amines is 1. The third kappa shape index (κ3) is 5.54. The maximum atomic E-state index is 12.7. The highest BCUT2D eigenvalue weighted by atomic mass is 79.9. The molecule has 0 spiro atoms. The van der Waals surface area contributed by atoms with Crippen molar-refractivity contribution in [2.24, 2.45) is 0 Å². The molecule has 2 heterocycles. The molecule has 0 radical (unpaired) electrons. The van der Waals surface area contributed by atoms with Gasteiger partial charge in [0, 0.05) is 16.6 Å². The van der Waals surface area contributed by atoms with Gasteiger partial charge >= 0.3 is 5.97 Å². The van der Waals surface area contributed by atoms with Gasteiger partial charge < -0.3 is 20.1 Å². The van der Waals surface area contributed by atoms with Gasteiger partial charge in [-0.25, -0.2) is 9.78 Å². The molecule has 2 aromatic heterocycles. The van der Waals surface area contributed by atoms with E-state index in [4.69, 9.17) is 9.84 Å². The number of nitrogens with one attached hydrogen (secondary N) is 2. The molecular formula is C23H18BrN3O5S. The minimum atomic E-state index is -0.986. The summed E-state index contributed by atoms with van der Waals surface area (Å²) in [5.74, 6) is -1.50. The number of nitrogens with zero attached hydrogens (tertiary/aromatic N) is 1. The Morgan fingerprint density at radius 3 is 2.64 bits per heavy atom. The summed E-state index contributed by atoms with van der Waals surface area (Å²) in [5, 5.41) is 13.9. The Morgan fingerprint density at radius 2 is 1.91 bits per heavy atom. The topological polar surface area (TPSA) is 121 Å². The van der Waals surface area contributed by atoms with E-state index in [-0.39, 0.29) is 24.6 Å². The fourth-order valence-electron chi connectivity index (χ4n) is 3.16. The van der Waals surface area contributed by atoms with Crippen molar-refractivity contribution in [2.45, 2.75) is 19.8 Å². The Hall–Kier alpha value is -3.34. The highest BCUT2D eigenvalue weighted by Crippen LogP contribution is 2.22. The lowest BCUT2D eigenvalue weighted by Crippen LogP contribution is -2.27. The number of rotatable bonds is 8. The largest absolute Gasteiger partial charge is 0.478 e. The van der Waals surface area contributed by atoms with Crippen LogP contribution < -0.4 is 10.9 Å². The van der Waals surface area contributed by atoms with Crippen LogP contribution in [0.4, 0.5) is 0 Å². The molecule has 4 aromatic rings. The molecule has 3 N–H and O–H groups in total. The predicted octanol–water partition coefficient (Wildman–Crippen LogP) is 4.09. The van der Waals surface area contributed by atoms with E-state index in [0.29, 0.717) is 22.3 Å². The van der Waals surface area contributed by atoms with Gasteiger partial charge in [-0.2, -0.15) is 0 Å². The van der Waals surface area contributed by atoms with Crippen LogP contribution >= 0.6 is 27.3 Å². The van der Waals surface area contributed by atoms with Gasteiger partial charge in [0.15, 0.2) is 0 Å². The van der Waals surface area contributed by atoms with Crippen molar-refractivity contribution in [1.29, 1.82) is 0 Å². The van der Waals surface area contributed by atoms with Crippen LogP contribution in [-0.2, 0) is 24.5 Å². The van der Waals surface area contributed by atoms with Gasteiger partial charge in [0.25, 0.3) is 11.5 Å². The summed E-state index contributed by atoms with van der Waals surface area (Å²) in [6, 6.07) is 13.9. The first-order valence-corrected chi connectivity index (χ1v) is 11.5. The van der Waals surface area contributed by atoms with Crippen LogP contribution in [0.2, 0.25) is 0 Å². The van der Waals surface area contributed by atoms with Gasteiger partial charge in [0.2, 0.25) is 5.82 Å². The van der Waals surface area contributed by atoms with Crippen molar-refractivity contribution in [3.05, 3.63) is 96.8 Å². The number of fused-ring (bicyclic) bond motifs is 1. The number of hydrogen-bond donors (Lipinski definition) is 3. The molecule has 0 aliphatic rings. The van der Waals surface area contributed by atoms with Gasteiger partial charge in [-0.05, 0) is 40.8 Å². The SMILES string of the molecule is O=C(O)c1ccc(COCc2csc3nc(C(=O)NCc4cccc(Br)c4)[nH]c(=O)c23)cc1. The third-order valence-corrected chi connectivity index (χ3v) is 6.22. The average molecular weight is 528 g/mol. The summed E-state index contributed by atoms with van der Waals surface area (Å²) in [6.45, 7) is 0.746. The average Bonchev–Trinajstić information content (AvgIpc) is 3.21. The molecule has 33 heavy (non-hydrogen) atoms. The minimum absolute atomic E-state index is 0.0460. The smallest absolute Gasteiger partial charge is 0.335 e. The lowest BCUT2D eigenvalue weighted by molar-refractivity contribution is 0.0696. The second kappa shape index (κ2) is 10.1. The van der Waals surface area contributed by atoms with Crippen LogP contribution in [0.25, 0.3) is 10.2 Å². The molecule has 168 valence electrons. The molecule has 0 aliphatic heterocycles. The van der Waals surface area contributed by atoms with Crippen LogP contribution in [0, 0.1) is 0 Å². The van der Waals surface area contributed by atoms with Crippen molar-refractivity contribution in [3.8, 4) is 0 Å². The number of benzene rings is 2. The Balaban J connectivity index is 1.41. The van der Waals surface area contributed by atoms with Crippen molar-refractivity contribution < 1.29 is 19.4 Å². The molecule has 4 rings (SSSR count). The maximum absolute atomic E-state index is 12.7. The number of carbonyl (C=O) groups is 2. The van der Waals surface area contributed by atoms with E-state index in [1.807, 2.05) is 24.3 Å². The van der Waals surface area contributed by atoms with Crippen molar-refractivity contribution >= 4 is 49.4 Å². The number of ether oxygens (including phenoxy) is 1. The number of aromatic nitrogens is 2. The summed E-state index contributed by atoms with van der Waals surface area (Å²) in [4.78, 5) is 43.4. The first kappa shape index (κ1) is 22.8. The first-order valence-electron chi connectivity index (χ1n) is 9.83.